The third-order valence-electron chi connectivity index (χ3n) is 4.03. The maximum atomic E-state index is 12.6. The molecule has 0 radical (unpaired) electrons. The summed E-state index contributed by atoms with van der Waals surface area (Å²) in [7, 11) is 0. The third kappa shape index (κ3) is 3.60. The molecule has 5 unspecified atom stereocenters. The molecule has 3 aliphatic rings. The number of hydrogen-bond acceptors (Lipinski definition) is 7. The van der Waals surface area contributed by atoms with Crippen molar-refractivity contribution in [2.24, 2.45) is 5.41 Å². The van der Waals surface area contributed by atoms with Gasteiger partial charge in [-0.2, -0.15) is 0 Å². The minimum Gasteiger partial charge on any atom is -0.463 e. The van der Waals surface area contributed by atoms with E-state index in [0.29, 0.717) is 6.61 Å². The molecule has 24 heavy (non-hydrogen) atoms. The first-order valence-corrected chi connectivity index (χ1v) is 8.40. The van der Waals surface area contributed by atoms with Crippen molar-refractivity contribution in [2.75, 3.05) is 6.61 Å². The van der Waals surface area contributed by atoms with Gasteiger partial charge in [-0.15, -0.1) is 0 Å². The summed E-state index contributed by atoms with van der Waals surface area (Å²) >= 11 is 0. The Morgan fingerprint density at radius 2 is 1.46 bits per heavy atom. The molecule has 0 spiro atoms. The van der Waals surface area contributed by atoms with E-state index in [2.05, 4.69) is 0 Å². The van der Waals surface area contributed by atoms with Crippen LogP contribution in [0.4, 0.5) is 0 Å². The highest BCUT2D eigenvalue weighted by Gasteiger charge is 2.62. The summed E-state index contributed by atoms with van der Waals surface area (Å²) in [4.78, 5) is 12.6. The highest BCUT2D eigenvalue weighted by molar-refractivity contribution is 5.76. The molecule has 7 nitrogen and oxygen atoms in total. The maximum Gasteiger partial charge on any atom is 0.338 e. The van der Waals surface area contributed by atoms with Crippen LogP contribution >= 0.6 is 0 Å². The van der Waals surface area contributed by atoms with E-state index >= 15 is 0 Å². The SMILES string of the molecule is CC(C)(C)COC(=O)C1OC2OC(C)(C)OC2C2OC(C)(C)OC12. The molecule has 0 aromatic carbocycles. The number of carbonyl (C=O) groups is 1. The molecule has 0 bridgehead atoms. The molecule has 0 aromatic heterocycles. The first-order valence-electron chi connectivity index (χ1n) is 8.40. The van der Waals surface area contributed by atoms with Crippen molar-refractivity contribution in [2.45, 2.75) is 90.7 Å². The third-order valence-corrected chi connectivity index (χ3v) is 4.03. The average Bonchev–Trinajstić information content (AvgIpc) is 2.88. The van der Waals surface area contributed by atoms with Gasteiger partial charge in [0, 0.05) is 0 Å². The maximum absolute atomic E-state index is 12.6. The molecule has 0 amide bonds. The van der Waals surface area contributed by atoms with Crippen molar-refractivity contribution in [3.8, 4) is 0 Å². The molecule has 7 heteroatoms. The fraction of sp³-hybridized carbons (Fsp3) is 0.941. The van der Waals surface area contributed by atoms with Crippen molar-refractivity contribution < 1.29 is 33.2 Å². The number of esters is 1. The molecule has 0 saturated carbocycles. The number of hydrogen-bond donors (Lipinski definition) is 0. The van der Waals surface area contributed by atoms with Crippen molar-refractivity contribution >= 4 is 5.97 Å². The Morgan fingerprint density at radius 3 is 2.08 bits per heavy atom. The van der Waals surface area contributed by atoms with Crippen LogP contribution in [0.5, 0.6) is 0 Å². The Labute approximate surface area is 142 Å². The van der Waals surface area contributed by atoms with Gasteiger partial charge >= 0.3 is 5.97 Å². The fourth-order valence-corrected chi connectivity index (χ4v) is 3.17. The Bertz CT molecular complexity index is 508. The topological polar surface area (TPSA) is 72.5 Å². The quantitative estimate of drug-likeness (QED) is 0.709. The summed E-state index contributed by atoms with van der Waals surface area (Å²) in [6, 6.07) is 0. The van der Waals surface area contributed by atoms with Crippen LogP contribution in [0, 0.1) is 5.41 Å². The zero-order valence-corrected chi connectivity index (χ0v) is 15.5. The van der Waals surface area contributed by atoms with E-state index < -0.39 is 48.2 Å². The highest BCUT2D eigenvalue weighted by Crippen LogP contribution is 2.44. The predicted molar refractivity (Wildman–Crippen MR) is 82.9 cm³/mol. The molecular formula is C17H28O7. The lowest BCUT2D eigenvalue weighted by molar-refractivity contribution is -0.240. The lowest BCUT2D eigenvalue weighted by Crippen LogP contribution is -2.57. The van der Waals surface area contributed by atoms with Crippen LogP contribution in [0.25, 0.3) is 0 Å². The number of ether oxygens (including phenoxy) is 6. The Morgan fingerprint density at radius 1 is 0.917 bits per heavy atom. The molecule has 0 N–H and O–H groups in total. The fourth-order valence-electron chi connectivity index (χ4n) is 3.17. The Hall–Kier alpha value is -0.730. The van der Waals surface area contributed by atoms with E-state index in [0.717, 1.165) is 0 Å². The summed E-state index contributed by atoms with van der Waals surface area (Å²) in [6.45, 7) is 13.5. The predicted octanol–water partition coefficient (Wildman–Crippen LogP) is 1.97. The van der Waals surface area contributed by atoms with E-state index in [-0.39, 0.29) is 5.41 Å². The van der Waals surface area contributed by atoms with Gasteiger partial charge in [-0.3, -0.25) is 0 Å². The Balaban J connectivity index is 1.79. The molecular weight excluding hydrogens is 316 g/mol. The van der Waals surface area contributed by atoms with Gasteiger partial charge in [-0.1, -0.05) is 20.8 Å². The van der Waals surface area contributed by atoms with Crippen LogP contribution in [-0.2, 0) is 33.2 Å². The van der Waals surface area contributed by atoms with Crippen molar-refractivity contribution in [1.82, 2.24) is 0 Å². The van der Waals surface area contributed by atoms with Crippen molar-refractivity contribution in [1.29, 1.82) is 0 Å². The van der Waals surface area contributed by atoms with Crippen LogP contribution in [0.3, 0.4) is 0 Å². The van der Waals surface area contributed by atoms with E-state index in [1.165, 1.54) is 0 Å². The highest BCUT2D eigenvalue weighted by atomic mass is 16.9. The molecule has 3 rings (SSSR count). The minimum atomic E-state index is -0.905. The molecule has 5 atom stereocenters. The van der Waals surface area contributed by atoms with Crippen LogP contribution in [-0.4, -0.2) is 54.9 Å². The normalized spacial score (nSPS) is 40.0. The van der Waals surface area contributed by atoms with Gasteiger partial charge in [0.2, 0.25) is 0 Å². The van der Waals surface area contributed by atoms with Crippen LogP contribution in [0.2, 0.25) is 0 Å². The van der Waals surface area contributed by atoms with E-state index in [1.54, 1.807) is 27.7 Å². The second-order valence-electron chi connectivity index (χ2n) is 8.76. The first-order chi connectivity index (χ1) is 10.9. The molecule has 3 aliphatic heterocycles. The summed E-state index contributed by atoms with van der Waals surface area (Å²) in [5.41, 5.74) is -0.131. The second kappa shape index (κ2) is 5.64. The van der Waals surface area contributed by atoms with E-state index in [4.69, 9.17) is 28.4 Å². The van der Waals surface area contributed by atoms with Crippen molar-refractivity contribution in [3.05, 3.63) is 0 Å². The van der Waals surface area contributed by atoms with E-state index in [9.17, 15) is 4.79 Å². The molecule has 138 valence electrons. The van der Waals surface area contributed by atoms with Gasteiger partial charge in [0.25, 0.3) is 0 Å². The van der Waals surface area contributed by atoms with Crippen LogP contribution in [0.15, 0.2) is 0 Å². The summed E-state index contributed by atoms with van der Waals surface area (Å²) in [6.07, 6.45) is -3.08. The Kier molecular flexibility index (Phi) is 4.25. The summed E-state index contributed by atoms with van der Waals surface area (Å²) in [5.74, 6) is -2.10. The van der Waals surface area contributed by atoms with Gasteiger partial charge in [-0.25, -0.2) is 4.79 Å². The lowest BCUT2D eigenvalue weighted by atomic mass is 9.97. The largest absolute Gasteiger partial charge is 0.463 e. The summed E-state index contributed by atoms with van der Waals surface area (Å²) < 4.78 is 34.8. The number of fused-ring (bicyclic) bond motifs is 3. The molecule has 0 aliphatic carbocycles. The van der Waals surface area contributed by atoms with Gasteiger partial charge in [0.1, 0.15) is 18.3 Å². The molecule has 3 saturated heterocycles. The van der Waals surface area contributed by atoms with Gasteiger partial charge in [0.15, 0.2) is 24.0 Å². The minimum absolute atomic E-state index is 0.131. The van der Waals surface area contributed by atoms with Crippen molar-refractivity contribution in [3.63, 3.8) is 0 Å². The lowest BCUT2D eigenvalue weighted by Gasteiger charge is -2.36. The number of rotatable bonds is 2. The molecule has 0 aromatic rings. The van der Waals surface area contributed by atoms with Gasteiger partial charge in [0.05, 0.1) is 6.61 Å². The monoisotopic (exact) mass is 344 g/mol. The smallest absolute Gasteiger partial charge is 0.338 e. The molecule has 3 heterocycles. The van der Waals surface area contributed by atoms with Crippen LogP contribution in [0.1, 0.15) is 48.5 Å². The second-order valence-corrected chi connectivity index (χ2v) is 8.76. The molecule has 3 fully saturated rings. The first kappa shape index (κ1) is 18.1. The number of carbonyl (C=O) groups excluding carboxylic acids is 1. The summed E-state index contributed by atoms with van der Waals surface area (Å²) in [5, 5.41) is 0. The van der Waals surface area contributed by atoms with E-state index in [1.807, 2.05) is 20.8 Å². The zero-order valence-electron chi connectivity index (χ0n) is 15.5. The van der Waals surface area contributed by atoms with Gasteiger partial charge in [-0.05, 0) is 33.1 Å². The standard InChI is InChI=1S/C17H28O7/c1-15(2,3)8-19-13(18)11-9-10(22-16(4,5)21-9)12-14(20-11)24-17(6,7)23-12/h9-12,14H,8H2,1-7H3. The average molecular weight is 344 g/mol. The van der Waals surface area contributed by atoms with Gasteiger partial charge < -0.3 is 28.4 Å². The zero-order chi connectivity index (χ0) is 17.9. The van der Waals surface area contributed by atoms with Crippen LogP contribution < -0.4 is 0 Å².